The molecule has 0 saturated carbocycles. The Bertz CT molecular complexity index is 1400. The van der Waals surface area contributed by atoms with E-state index in [-0.39, 0.29) is 42.5 Å². The summed E-state index contributed by atoms with van der Waals surface area (Å²) in [4.78, 5) is 30.3. The third-order valence-electron chi connectivity index (χ3n) is 6.75. The number of amides is 1. The van der Waals surface area contributed by atoms with Gasteiger partial charge in [-0.2, -0.15) is 0 Å². The number of aromatic nitrogens is 1. The fraction of sp³-hybridized carbons (Fsp3) is 0.438. The van der Waals surface area contributed by atoms with Gasteiger partial charge in [0.05, 0.1) is 17.8 Å². The van der Waals surface area contributed by atoms with Crippen molar-refractivity contribution in [3.05, 3.63) is 65.4 Å². The fourth-order valence-electron chi connectivity index (χ4n) is 4.80. The number of halogens is 4. The van der Waals surface area contributed by atoms with Gasteiger partial charge in [0.1, 0.15) is 5.82 Å². The molecule has 2 aliphatic rings. The molecule has 0 spiro atoms. The summed E-state index contributed by atoms with van der Waals surface area (Å²) in [5.74, 6) is -3.51. The van der Waals surface area contributed by atoms with Crippen LogP contribution in [0, 0.1) is 17.6 Å². The summed E-state index contributed by atoms with van der Waals surface area (Å²) in [7, 11) is 6.00. The molecular weight excluding hydrogens is 548 g/mol. The maximum Gasteiger partial charge on any atom is 0.260 e. The van der Waals surface area contributed by atoms with Crippen molar-refractivity contribution >= 4 is 28.7 Å². The molecule has 1 fully saturated rings. The van der Waals surface area contributed by atoms with Gasteiger partial charge in [-0.25, -0.2) is 17.6 Å². The second-order valence-electron chi connectivity index (χ2n) is 11.3. The van der Waals surface area contributed by atoms with Crippen LogP contribution in [0.3, 0.4) is 0 Å². The quantitative estimate of drug-likeness (QED) is 0.274. The average Bonchev–Trinajstić information content (AvgIpc) is 3.39. The number of H-pyrrole nitrogens is 1. The van der Waals surface area contributed by atoms with Crippen LogP contribution in [0.2, 0.25) is 0 Å². The summed E-state index contributed by atoms with van der Waals surface area (Å²) < 4.78 is 54.4. The van der Waals surface area contributed by atoms with E-state index in [2.05, 4.69) is 10.3 Å². The molecule has 0 unspecified atom stereocenters. The molecule has 0 aliphatic carbocycles. The Labute approximate surface area is 244 Å². The molecular formula is C32H40F4N4O2. The van der Waals surface area contributed by atoms with Crippen LogP contribution in [0.4, 0.5) is 17.6 Å². The summed E-state index contributed by atoms with van der Waals surface area (Å²) in [5.41, 5.74) is 2.17. The van der Waals surface area contributed by atoms with Gasteiger partial charge in [-0.05, 0) is 69.9 Å². The van der Waals surface area contributed by atoms with E-state index in [9.17, 15) is 22.8 Å². The standard InChI is InChI=1S/C24H22F2N2O2.C5H9F2N.C3H9N/c1-14(2)24(30)28-9-5-6-15(12-28)18-11-19(17-7-3-4-8-21(17)25)20-10-16(13-29)27-23(20)22(18)26;6-5(7)2-1-3-8-4-5;1-4(2)3/h3-4,6-8,10-11,13-14,27H,5,9,12H2,1-2H3;8H,1-4H2;1-3H3. The first-order valence-electron chi connectivity index (χ1n) is 14.1. The molecule has 6 nitrogen and oxygen atoms in total. The normalized spacial score (nSPS) is 16.4. The predicted molar refractivity (Wildman–Crippen MR) is 160 cm³/mol. The van der Waals surface area contributed by atoms with E-state index in [1.165, 1.54) is 12.1 Å². The molecule has 2 N–H and O–H groups in total. The molecule has 1 aromatic heterocycles. The third kappa shape index (κ3) is 8.51. The van der Waals surface area contributed by atoms with Gasteiger partial charge in [-0.15, -0.1) is 0 Å². The van der Waals surface area contributed by atoms with Crippen molar-refractivity contribution in [1.29, 1.82) is 0 Å². The van der Waals surface area contributed by atoms with Crippen molar-refractivity contribution in [3.8, 4) is 11.1 Å². The number of nitrogens with one attached hydrogen (secondary N) is 2. The number of aromatic amines is 1. The first kappa shape index (κ1) is 33.0. The Hall–Kier alpha value is -3.50. The van der Waals surface area contributed by atoms with E-state index >= 15 is 4.39 Å². The Morgan fingerprint density at radius 2 is 1.76 bits per heavy atom. The minimum Gasteiger partial charge on any atom is -0.350 e. The minimum absolute atomic E-state index is 0.0135. The van der Waals surface area contributed by atoms with Crippen LogP contribution in [-0.2, 0) is 4.79 Å². The maximum atomic E-state index is 15.5. The molecule has 3 heterocycles. The van der Waals surface area contributed by atoms with Gasteiger partial charge in [0, 0.05) is 41.9 Å². The number of alkyl halides is 2. The molecule has 1 amide bonds. The van der Waals surface area contributed by atoms with Crippen LogP contribution in [0.25, 0.3) is 27.6 Å². The first-order valence-corrected chi connectivity index (χ1v) is 14.1. The molecule has 3 aromatic rings. The van der Waals surface area contributed by atoms with Crippen molar-refractivity contribution in [2.45, 2.75) is 39.0 Å². The molecule has 0 bridgehead atoms. The summed E-state index contributed by atoms with van der Waals surface area (Å²) in [6.45, 7) is 5.16. The Balaban J connectivity index is 0.000000337. The molecule has 2 aliphatic heterocycles. The number of rotatable bonds is 4. The second kappa shape index (κ2) is 14.6. The molecule has 0 radical (unpaired) electrons. The number of fused-ring (bicyclic) bond motifs is 1. The van der Waals surface area contributed by atoms with Crippen molar-refractivity contribution < 1.29 is 27.2 Å². The molecule has 0 atom stereocenters. The van der Waals surface area contributed by atoms with E-state index in [0.29, 0.717) is 53.3 Å². The highest BCUT2D eigenvalue weighted by Crippen LogP contribution is 2.37. The maximum absolute atomic E-state index is 15.5. The average molecular weight is 589 g/mol. The second-order valence-corrected chi connectivity index (χ2v) is 11.3. The SMILES string of the molecule is CC(C)C(=O)N1CCC=C(c2cc(-c3ccccc3F)c3cc(C=O)[nH]c3c2F)C1.CN(C)C.FC1(F)CCCNC1. The fourth-order valence-corrected chi connectivity index (χ4v) is 4.80. The number of hydrogen-bond acceptors (Lipinski definition) is 4. The summed E-state index contributed by atoms with van der Waals surface area (Å²) in [5, 5.41) is 3.06. The smallest absolute Gasteiger partial charge is 0.260 e. The monoisotopic (exact) mass is 588 g/mol. The topological polar surface area (TPSA) is 68.4 Å². The lowest BCUT2D eigenvalue weighted by molar-refractivity contribution is -0.133. The van der Waals surface area contributed by atoms with Crippen LogP contribution in [0.1, 0.15) is 49.2 Å². The van der Waals surface area contributed by atoms with Crippen molar-refractivity contribution in [3.63, 3.8) is 0 Å². The molecule has 1 saturated heterocycles. The van der Waals surface area contributed by atoms with Gasteiger partial charge in [-0.3, -0.25) is 9.59 Å². The number of carbonyl (C=O) groups is 2. The zero-order valence-corrected chi connectivity index (χ0v) is 24.9. The van der Waals surface area contributed by atoms with Gasteiger partial charge in [0.2, 0.25) is 5.91 Å². The number of carbonyl (C=O) groups excluding carboxylic acids is 2. The van der Waals surface area contributed by atoms with Gasteiger partial charge in [0.25, 0.3) is 5.92 Å². The van der Waals surface area contributed by atoms with Gasteiger partial charge in [0.15, 0.2) is 12.1 Å². The number of piperidine rings is 1. The van der Waals surface area contributed by atoms with E-state index in [0.717, 1.165) is 6.54 Å². The van der Waals surface area contributed by atoms with Crippen LogP contribution < -0.4 is 5.32 Å². The van der Waals surface area contributed by atoms with E-state index < -0.39 is 17.6 Å². The lowest BCUT2D eigenvalue weighted by Gasteiger charge is -2.29. The van der Waals surface area contributed by atoms with Gasteiger partial charge >= 0.3 is 0 Å². The minimum atomic E-state index is -2.43. The largest absolute Gasteiger partial charge is 0.350 e. The summed E-state index contributed by atoms with van der Waals surface area (Å²) >= 11 is 0. The zero-order valence-electron chi connectivity index (χ0n) is 24.9. The first-order chi connectivity index (χ1) is 19.8. The molecule has 42 heavy (non-hydrogen) atoms. The van der Waals surface area contributed by atoms with Crippen molar-refractivity contribution in [2.75, 3.05) is 47.3 Å². The van der Waals surface area contributed by atoms with E-state index in [1.54, 1.807) is 29.2 Å². The lowest BCUT2D eigenvalue weighted by atomic mass is 9.93. The molecule has 5 rings (SSSR count). The van der Waals surface area contributed by atoms with E-state index in [4.69, 9.17) is 0 Å². The van der Waals surface area contributed by atoms with Gasteiger partial charge in [-0.1, -0.05) is 38.1 Å². The Morgan fingerprint density at radius 3 is 2.31 bits per heavy atom. The molecule has 228 valence electrons. The molecule has 10 heteroatoms. The third-order valence-corrected chi connectivity index (χ3v) is 6.75. The number of hydrogen-bond donors (Lipinski definition) is 2. The summed E-state index contributed by atoms with van der Waals surface area (Å²) in [6, 6.07) is 9.43. The highest BCUT2D eigenvalue weighted by Gasteiger charge is 2.30. The highest BCUT2D eigenvalue weighted by atomic mass is 19.3. The number of nitrogens with zero attached hydrogens (tertiary/aromatic N) is 2. The van der Waals surface area contributed by atoms with Crippen LogP contribution in [0.5, 0.6) is 0 Å². The van der Waals surface area contributed by atoms with Crippen LogP contribution in [0.15, 0.2) is 42.5 Å². The number of aldehydes is 1. The predicted octanol–water partition coefficient (Wildman–Crippen LogP) is 6.38. The van der Waals surface area contributed by atoms with Crippen LogP contribution >= 0.6 is 0 Å². The highest BCUT2D eigenvalue weighted by molar-refractivity contribution is 6.01. The van der Waals surface area contributed by atoms with Crippen molar-refractivity contribution in [2.24, 2.45) is 5.92 Å². The van der Waals surface area contributed by atoms with Crippen molar-refractivity contribution in [1.82, 2.24) is 20.1 Å². The zero-order chi connectivity index (χ0) is 31.0. The lowest BCUT2D eigenvalue weighted by Crippen LogP contribution is -2.38. The summed E-state index contributed by atoms with van der Waals surface area (Å²) in [6.07, 6.45) is 3.80. The Kier molecular flexibility index (Phi) is 11.5. The molecule has 2 aromatic carbocycles. The van der Waals surface area contributed by atoms with E-state index in [1.807, 2.05) is 46.0 Å². The Morgan fingerprint density at radius 1 is 1.07 bits per heavy atom. The van der Waals surface area contributed by atoms with Gasteiger partial charge < -0.3 is 20.1 Å². The van der Waals surface area contributed by atoms with Crippen LogP contribution in [-0.4, -0.2) is 80.2 Å². The number of benzene rings is 2.